The van der Waals surface area contributed by atoms with Crippen LogP contribution in [0.5, 0.6) is 5.75 Å². The van der Waals surface area contributed by atoms with Gasteiger partial charge in [-0.15, -0.1) is 0 Å². The second kappa shape index (κ2) is 7.27. The van der Waals surface area contributed by atoms with Gasteiger partial charge in [0.2, 0.25) is 0 Å². The van der Waals surface area contributed by atoms with Crippen molar-refractivity contribution in [1.29, 1.82) is 0 Å². The number of hydrogen-bond donors (Lipinski definition) is 1. The Morgan fingerprint density at radius 1 is 1.38 bits per heavy atom. The third-order valence-corrected chi connectivity index (χ3v) is 3.56. The first kappa shape index (κ1) is 15.6. The highest BCUT2D eigenvalue weighted by atomic mass is 16.5. The number of aryl methyl sites for hydroxylation is 1. The summed E-state index contributed by atoms with van der Waals surface area (Å²) in [6, 6.07) is 8.55. The zero-order chi connectivity index (χ0) is 15.2. The molecule has 4 heteroatoms. The summed E-state index contributed by atoms with van der Waals surface area (Å²) in [5.41, 5.74) is 3.29. The highest BCUT2D eigenvalue weighted by Gasteiger charge is 2.10. The van der Waals surface area contributed by atoms with Crippen LogP contribution in [0.15, 0.2) is 30.5 Å². The Hall–Kier alpha value is -1.81. The van der Waals surface area contributed by atoms with Gasteiger partial charge in [0.05, 0.1) is 19.3 Å². The quantitative estimate of drug-likeness (QED) is 0.849. The summed E-state index contributed by atoms with van der Waals surface area (Å²) >= 11 is 0. The summed E-state index contributed by atoms with van der Waals surface area (Å²) in [7, 11) is 1.69. The number of rotatable bonds is 7. The van der Waals surface area contributed by atoms with E-state index in [2.05, 4.69) is 47.0 Å². The zero-order valence-corrected chi connectivity index (χ0v) is 13.4. The summed E-state index contributed by atoms with van der Waals surface area (Å²) in [5, 5.41) is 3.53. The molecule has 114 valence electrons. The standard InChI is InChI=1S/C17H25N3O/c1-5-8-18-14(3)17-7-6-9-20(17)12-15-11-16(21-4)10-13(2)19-15/h6-7,9-11,14,18H,5,8,12H2,1-4H3. The molecule has 0 aromatic carbocycles. The highest BCUT2D eigenvalue weighted by molar-refractivity contribution is 5.27. The number of methoxy groups -OCH3 is 1. The molecule has 0 spiro atoms. The van der Waals surface area contributed by atoms with Crippen molar-refractivity contribution >= 4 is 0 Å². The molecular formula is C17H25N3O. The largest absolute Gasteiger partial charge is 0.497 e. The van der Waals surface area contributed by atoms with E-state index in [9.17, 15) is 0 Å². The van der Waals surface area contributed by atoms with Crippen LogP contribution >= 0.6 is 0 Å². The van der Waals surface area contributed by atoms with Crippen LogP contribution in [0, 0.1) is 6.92 Å². The van der Waals surface area contributed by atoms with Gasteiger partial charge in [0.15, 0.2) is 0 Å². The molecule has 2 aromatic heterocycles. The van der Waals surface area contributed by atoms with Crippen LogP contribution < -0.4 is 10.1 Å². The van der Waals surface area contributed by atoms with E-state index in [0.717, 1.165) is 36.6 Å². The maximum Gasteiger partial charge on any atom is 0.122 e. The lowest BCUT2D eigenvalue weighted by Crippen LogP contribution is -2.22. The molecule has 2 heterocycles. The van der Waals surface area contributed by atoms with Gasteiger partial charge in [-0.05, 0) is 38.9 Å². The summed E-state index contributed by atoms with van der Waals surface area (Å²) in [5.74, 6) is 0.864. The van der Waals surface area contributed by atoms with Gasteiger partial charge in [-0.1, -0.05) is 6.92 Å². The van der Waals surface area contributed by atoms with E-state index in [1.165, 1.54) is 5.69 Å². The molecule has 0 aliphatic carbocycles. The van der Waals surface area contributed by atoms with Crippen LogP contribution in [0.2, 0.25) is 0 Å². The van der Waals surface area contributed by atoms with Gasteiger partial charge in [0, 0.05) is 35.8 Å². The van der Waals surface area contributed by atoms with Gasteiger partial charge in [-0.2, -0.15) is 0 Å². The van der Waals surface area contributed by atoms with Crippen LogP contribution in [0.4, 0.5) is 0 Å². The Bertz CT molecular complexity index is 577. The first-order valence-corrected chi connectivity index (χ1v) is 7.54. The van der Waals surface area contributed by atoms with Crippen molar-refractivity contribution in [2.45, 2.75) is 39.8 Å². The normalized spacial score (nSPS) is 12.4. The van der Waals surface area contributed by atoms with Gasteiger partial charge in [0.1, 0.15) is 5.75 Å². The lowest BCUT2D eigenvalue weighted by atomic mass is 10.2. The lowest BCUT2D eigenvalue weighted by molar-refractivity contribution is 0.412. The predicted octanol–water partition coefficient (Wildman–Crippen LogP) is 3.31. The fourth-order valence-corrected chi connectivity index (χ4v) is 2.51. The monoisotopic (exact) mass is 287 g/mol. The molecule has 2 rings (SSSR count). The van der Waals surface area contributed by atoms with E-state index in [-0.39, 0.29) is 0 Å². The molecule has 0 aliphatic heterocycles. The molecule has 2 aromatic rings. The van der Waals surface area contributed by atoms with Gasteiger partial charge in [0.25, 0.3) is 0 Å². The summed E-state index contributed by atoms with van der Waals surface area (Å²) in [6.07, 6.45) is 3.25. The van der Waals surface area contributed by atoms with Crippen LogP contribution in [-0.2, 0) is 6.54 Å². The summed E-state index contributed by atoms with van der Waals surface area (Å²) in [6.45, 7) is 8.17. The van der Waals surface area contributed by atoms with Crippen molar-refractivity contribution in [3.63, 3.8) is 0 Å². The molecule has 0 radical (unpaired) electrons. The van der Waals surface area contributed by atoms with E-state index in [1.807, 2.05) is 19.1 Å². The fourth-order valence-electron chi connectivity index (χ4n) is 2.51. The number of nitrogens with zero attached hydrogens (tertiary/aromatic N) is 2. The van der Waals surface area contributed by atoms with E-state index in [0.29, 0.717) is 6.04 Å². The Kier molecular flexibility index (Phi) is 5.39. The third-order valence-electron chi connectivity index (χ3n) is 3.56. The summed E-state index contributed by atoms with van der Waals surface area (Å²) < 4.78 is 7.57. The van der Waals surface area contributed by atoms with Crippen molar-refractivity contribution in [3.8, 4) is 5.75 Å². The van der Waals surface area contributed by atoms with Gasteiger partial charge in [-0.25, -0.2) is 0 Å². The van der Waals surface area contributed by atoms with E-state index in [4.69, 9.17) is 4.74 Å². The lowest BCUT2D eigenvalue weighted by Gasteiger charge is -2.17. The minimum Gasteiger partial charge on any atom is -0.497 e. The minimum absolute atomic E-state index is 0.339. The van der Waals surface area contributed by atoms with Crippen LogP contribution in [0.1, 0.15) is 43.4 Å². The molecule has 4 nitrogen and oxygen atoms in total. The molecule has 1 N–H and O–H groups in total. The van der Waals surface area contributed by atoms with Crippen LogP contribution in [0.25, 0.3) is 0 Å². The molecule has 0 saturated heterocycles. The topological polar surface area (TPSA) is 39.1 Å². The average molecular weight is 287 g/mol. The van der Waals surface area contributed by atoms with Crippen molar-refractivity contribution in [3.05, 3.63) is 47.5 Å². The number of ether oxygens (including phenoxy) is 1. The molecule has 0 saturated carbocycles. The SMILES string of the molecule is CCCNC(C)c1cccn1Cc1cc(OC)cc(C)n1. The van der Waals surface area contributed by atoms with Crippen molar-refractivity contribution in [1.82, 2.24) is 14.9 Å². The number of pyridine rings is 1. The smallest absolute Gasteiger partial charge is 0.122 e. The number of hydrogen-bond acceptors (Lipinski definition) is 3. The van der Waals surface area contributed by atoms with Crippen LogP contribution in [0.3, 0.4) is 0 Å². The molecule has 0 amide bonds. The molecule has 21 heavy (non-hydrogen) atoms. The van der Waals surface area contributed by atoms with Crippen molar-refractivity contribution in [2.75, 3.05) is 13.7 Å². The first-order valence-electron chi connectivity index (χ1n) is 7.54. The van der Waals surface area contributed by atoms with Gasteiger partial charge in [-0.3, -0.25) is 4.98 Å². The maximum atomic E-state index is 5.32. The predicted molar refractivity (Wildman–Crippen MR) is 85.8 cm³/mol. The molecule has 1 atom stereocenters. The molecule has 1 unspecified atom stereocenters. The summed E-state index contributed by atoms with van der Waals surface area (Å²) in [4.78, 5) is 4.60. The average Bonchev–Trinajstić information content (AvgIpc) is 2.92. The maximum absolute atomic E-state index is 5.32. The zero-order valence-electron chi connectivity index (χ0n) is 13.4. The van der Waals surface area contributed by atoms with Crippen molar-refractivity contribution in [2.24, 2.45) is 0 Å². The van der Waals surface area contributed by atoms with Crippen molar-refractivity contribution < 1.29 is 4.74 Å². The Morgan fingerprint density at radius 3 is 2.90 bits per heavy atom. The number of aromatic nitrogens is 2. The molecule has 0 aliphatic rings. The van der Waals surface area contributed by atoms with Crippen LogP contribution in [-0.4, -0.2) is 23.2 Å². The first-order chi connectivity index (χ1) is 10.1. The number of nitrogens with one attached hydrogen (secondary N) is 1. The van der Waals surface area contributed by atoms with Gasteiger partial charge >= 0.3 is 0 Å². The fraction of sp³-hybridized carbons (Fsp3) is 0.471. The molecule has 0 bridgehead atoms. The van der Waals surface area contributed by atoms with E-state index in [1.54, 1.807) is 7.11 Å². The Labute approximate surface area is 127 Å². The van der Waals surface area contributed by atoms with E-state index >= 15 is 0 Å². The second-order valence-corrected chi connectivity index (χ2v) is 5.38. The van der Waals surface area contributed by atoms with Gasteiger partial charge < -0.3 is 14.6 Å². The minimum atomic E-state index is 0.339. The van der Waals surface area contributed by atoms with E-state index < -0.39 is 0 Å². The highest BCUT2D eigenvalue weighted by Crippen LogP contribution is 2.18. The Morgan fingerprint density at radius 2 is 2.19 bits per heavy atom. The Balaban J connectivity index is 2.17. The second-order valence-electron chi connectivity index (χ2n) is 5.38. The molecule has 0 fully saturated rings. The third kappa shape index (κ3) is 4.08. The molecular weight excluding hydrogens is 262 g/mol.